The fraction of sp³-hybridized carbons (Fsp3) is 0.529. The van der Waals surface area contributed by atoms with Crippen molar-refractivity contribution in [3.8, 4) is 0 Å². The number of unbranched alkanes of at least 4 members (excludes halogenated alkanes) is 2. The summed E-state index contributed by atoms with van der Waals surface area (Å²) in [6.45, 7) is 2.20. The first-order valence-electron chi connectivity index (χ1n) is 7.58. The van der Waals surface area contributed by atoms with Crippen LogP contribution < -0.4 is 0 Å². The second kappa shape index (κ2) is 9.92. The minimum atomic E-state index is -1.89. The first-order chi connectivity index (χ1) is 9.76. The van der Waals surface area contributed by atoms with Crippen molar-refractivity contribution in [2.75, 3.05) is 14.2 Å². The van der Waals surface area contributed by atoms with Gasteiger partial charge >= 0.3 is 8.56 Å². The summed E-state index contributed by atoms with van der Waals surface area (Å²) in [5.74, 6) is 0. The van der Waals surface area contributed by atoms with Crippen LogP contribution in [0.3, 0.4) is 0 Å². The molecule has 0 unspecified atom stereocenters. The number of rotatable bonds is 10. The summed E-state index contributed by atoms with van der Waals surface area (Å²) >= 11 is 0. The summed E-state index contributed by atoms with van der Waals surface area (Å²) in [6, 6.07) is 12.7. The highest BCUT2D eigenvalue weighted by Gasteiger charge is 2.33. The number of benzene rings is 1. The van der Waals surface area contributed by atoms with Crippen LogP contribution in [0.4, 0.5) is 0 Å². The molecule has 0 saturated carbocycles. The molecule has 0 heterocycles. The van der Waals surface area contributed by atoms with E-state index in [-0.39, 0.29) is 0 Å². The monoisotopic (exact) mass is 292 g/mol. The third-order valence-electron chi connectivity index (χ3n) is 3.66. The first kappa shape index (κ1) is 17.1. The third-order valence-corrected chi connectivity index (χ3v) is 7.53. The molecule has 0 aliphatic rings. The quantitative estimate of drug-likeness (QED) is 0.445. The van der Waals surface area contributed by atoms with E-state index in [1.807, 2.05) is 6.07 Å². The van der Waals surface area contributed by atoms with Crippen molar-refractivity contribution < 1.29 is 8.85 Å². The molecular weight excluding hydrogens is 264 g/mol. The highest BCUT2D eigenvalue weighted by Crippen LogP contribution is 2.22. The van der Waals surface area contributed by atoms with Crippen LogP contribution in [0.2, 0.25) is 12.1 Å². The Morgan fingerprint density at radius 1 is 1.00 bits per heavy atom. The third kappa shape index (κ3) is 6.03. The number of hydrogen-bond donors (Lipinski definition) is 0. The Bertz CT molecular complexity index is 372. The van der Waals surface area contributed by atoms with Crippen molar-refractivity contribution in [1.82, 2.24) is 0 Å². The minimum Gasteiger partial charge on any atom is -0.398 e. The second-order valence-corrected chi connectivity index (χ2v) is 8.77. The summed E-state index contributed by atoms with van der Waals surface area (Å²) in [5, 5.41) is 0. The Balaban J connectivity index is 2.25. The molecule has 20 heavy (non-hydrogen) atoms. The molecule has 0 amide bonds. The van der Waals surface area contributed by atoms with Crippen molar-refractivity contribution in [3.63, 3.8) is 0 Å². The predicted molar refractivity (Wildman–Crippen MR) is 89.0 cm³/mol. The molecular formula is C17H28O2Si. The van der Waals surface area contributed by atoms with E-state index in [0.717, 1.165) is 24.9 Å². The van der Waals surface area contributed by atoms with Gasteiger partial charge in [0, 0.05) is 14.2 Å². The van der Waals surface area contributed by atoms with Gasteiger partial charge in [0.2, 0.25) is 0 Å². The summed E-state index contributed by atoms with van der Waals surface area (Å²) in [6.07, 6.45) is 9.11. The van der Waals surface area contributed by atoms with Crippen LogP contribution >= 0.6 is 0 Å². The Hall–Kier alpha value is -0.903. The van der Waals surface area contributed by atoms with Crippen LogP contribution in [0.5, 0.6) is 0 Å². The fourth-order valence-electron chi connectivity index (χ4n) is 2.44. The summed E-state index contributed by atoms with van der Waals surface area (Å²) in [7, 11) is 1.72. The maximum atomic E-state index is 5.70. The molecule has 0 radical (unpaired) electrons. The topological polar surface area (TPSA) is 18.5 Å². The predicted octanol–water partition coefficient (Wildman–Crippen LogP) is 5.02. The molecule has 2 nitrogen and oxygen atoms in total. The van der Waals surface area contributed by atoms with Gasteiger partial charge in [0.25, 0.3) is 0 Å². The SMILES string of the molecule is CCC[Si](CCCC/C=C/c1ccccc1)(OC)OC. The van der Waals surface area contributed by atoms with E-state index in [2.05, 4.69) is 43.3 Å². The molecule has 3 heteroatoms. The highest BCUT2D eigenvalue weighted by molar-refractivity contribution is 6.67. The van der Waals surface area contributed by atoms with E-state index < -0.39 is 8.56 Å². The first-order valence-corrected chi connectivity index (χ1v) is 9.81. The zero-order valence-electron chi connectivity index (χ0n) is 13.1. The van der Waals surface area contributed by atoms with Gasteiger partial charge in [-0.3, -0.25) is 0 Å². The highest BCUT2D eigenvalue weighted by atomic mass is 28.4. The molecule has 0 spiro atoms. The van der Waals surface area contributed by atoms with E-state index in [0.29, 0.717) is 0 Å². The Morgan fingerprint density at radius 2 is 1.70 bits per heavy atom. The lowest BCUT2D eigenvalue weighted by atomic mass is 10.2. The van der Waals surface area contributed by atoms with Gasteiger partial charge in [0.05, 0.1) is 0 Å². The summed E-state index contributed by atoms with van der Waals surface area (Å²) in [5.41, 5.74) is 1.27. The molecule has 0 aliphatic carbocycles. The van der Waals surface area contributed by atoms with Crippen LogP contribution in [-0.4, -0.2) is 22.8 Å². The molecule has 0 saturated heterocycles. The maximum absolute atomic E-state index is 5.70. The van der Waals surface area contributed by atoms with Gasteiger partial charge in [-0.25, -0.2) is 0 Å². The molecule has 0 atom stereocenters. The smallest absolute Gasteiger partial charge is 0.337 e. The van der Waals surface area contributed by atoms with Gasteiger partial charge in [-0.2, -0.15) is 0 Å². The lowest BCUT2D eigenvalue weighted by Gasteiger charge is -2.26. The molecule has 0 bridgehead atoms. The lowest BCUT2D eigenvalue weighted by Crippen LogP contribution is -2.39. The van der Waals surface area contributed by atoms with E-state index in [1.54, 1.807) is 14.2 Å². The molecule has 0 aromatic heterocycles. The van der Waals surface area contributed by atoms with Crippen LogP contribution in [0, 0.1) is 0 Å². The average molecular weight is 292 g/mol. The van der Waals surface area contributed by atoms with Crippen molar-refractivity contribution in [3.05, 3.63) is 42.0 Å². The molecule has 1 rings (SSSR count). The zero-order chi connectivity index (χ0) is 14.7. The van der Waals surface area contributed by atoms with Gasteiger partial charge in [-0.1, -0.05) is 62.2 Å². The lowest BCUT2D eigenvalue weighted by molar-refractivity contribution is 0.239. The maximum Gasteiger partial charge on any atom is 0.337 e. The standard InChI is InChI=1S/C17H28O2Si/c1-4-15-20(18-2,19-3)16-11-6-5-8-12-17-13-9-7-10-14-17/h7-10,12-14H,4-6,11,15-16H2,1-3H3/b12-8+. The van der Waals surface area contributed by atoms with E-state index in [1.165, 1.54) is 18.4 Å². The summed E-state index contributed by atoms with van der Waals surface area (Å²) in [4.78, 5) is 0. The van der Waals surface area contributed by atoms with Crippen LogP contribution in [0.25, 0.3) is 6.08 Å². The molecule has 0 N–H and O–H groups in total. The van der Waals surface area contributed by atoms with Gasteiger partial charge < -0.3 is 8.85 Å². The fourth-order valence-corrected chi connectivity index (χ4v) is 5.22. The van der Waals surface area contributed by atoms with Crippen molar-refractivity contribution in [2.45, 2.75) is 44.7 Å². The summed E-state index contributed by atoms with van der Waals surface area (Å²) < 4.78 is 11.4. The Kier molecular flexibility index (Phi) is 8.50. The molecule has 1 aromatic carbocycles. The van der Waals surface area contributed by atoms with Crippen LogP contribution in [-0.2, 0) is 8.85 Å². The Labute approximate surface area is 125 Å². The Morgan fingerprint density at radius 3 is 2.30 bits per heavy atom. The molecule has 0 fully saturated rings. The van der Waals surface area contributed by atoms with E-state index >= 15 is 0 Å². The van der Waals surface area contributed by atoms with E-state index in [4.69, 9.17) is 8.85 Å². The number of allylic oxidation sites excluding steroid dienone is 1. The van der Waals surface area contributed by atoms with Crippen molar-refractivity contribution >= 4 is 14.6 Å². The minimum absolute atomic E-state index is 1.10. The van der Waals surface area contributed by atoms with E-state index in [9.17, 15) is 0 Å². The molecule has 112 valence electrons. The normalized spacial score (nSPS) is 12.2. The van der Waals surface area contributed by atoms with Gasteiger partial charge in [0.15, 0.2) is 0 Å². The largest absolute Gasteiger partial charge is 0.398 e. The van der Waals surface area contributed by atoms with Crippen LogP contribution in [0.15, 0.2) is 36.4 Å². The molecule has 0 aliphatic heterocycles. The van der Waals surface area contributed by atoms with Crippen LogP contribution in [0.1, 0.15) is 38.2 Å². The van der Waals surface area contributed by atoms with Gasteiger partial charge in [-0.05, 0) is 30.5 Å². The second-order valence-electron chi connectivity index (χ2n) is 5.13. The van der Waals surface area contributed by atoms with Crippen molar-refractivity contribution in [1.29, 1.82) is 0 Å². The van der Waals surface area contributed by atoms with Gasteiger partial charge in [-0.15, -0.1) is 0 Å². The molecule has 1 aromatic rings. The van der Waals surface area contributed by atoms with Gasteiger partial charge in [0.1, 0.15) is 0 Å². The van der Waals surface area contributed by atoms with Crippen molar-refractivity contribution in [2.24, 2.45) is 0 Å². The number of hydrogen-bond acceptors (Lipinski definition) is 2. The zero-order valence-corrected chi connectivity index (χ0v) is 14.1. The average Bonchev–Trinajstić information content (AvgIpc) is 2.50.